The van der Waals surface area contributed by atoms with E-state index in [4.69, 9.17) is 4.74 Å². The topological polar surface area (TPSA) is 174 Å². The van der Waals surface area contributed by atoms with E-state index in [1.54, 1.807) is 12.4 Å². The number of aryl methyl sites for hydroxylation is 1. The zero-order valence-corrected chi connectivity index (χ0v) is 30.2. The molecule has 3 heterocycles. The van der Waals surface area contributed by atoms with Crippen LogP contribution in [0.15, 0.2) is 67.3 Å². The summed E-state index contributed by atoms with van der Waals surface area (Å²) in [6.45, 7) is 4.36. The number of H-pyrrole nitrogens is 1. The second kappa shape index (κ2) is 21.3. The van der Waals surface area contributed by atoms with Gasteiger partial charge in [-0.3, -0.25) is 19.5 Å². The molecule has 0 radical (unpaired) electrons. The van der Waals surface area contributed by atoms with Crippen LogP contribution in [0.5, 0.6) is 0 Å². The van der Waals surface area contributed by atoms with Gasteiger partial charge in [-0.15, -0.1) is 0 Å². The van der Waals surface area contributed by atoms with E-state index in [0.717, 1.165) is 76.0 Å². The van der Waals surface area contributed by atoms with Crippen LogP contribution in [0.2, 0.25) is 0 Å². The summed E-state index contributed by atoms with van der Waals surface area (Å²) in [6.07, 6.45) is 12.1. The van der Waals surface area contributed by atoms with Gasteiger partial charge >= 0.3 is 6.09 Å². The Hall–Kier alpha value is -4.33. The number of aromatic nitrogens is 3. The summed E-state index contributed by atoms with van der Waals surface area (Å²) in [5.74, 6) is -0.505. The van der Waals surface area contributed by atoms with Crippen LogP contribution in [0.3, 0.4) is 0 Å². The van der Waals surface area contributed by atoms with Crippen LogP contribution in [0.1, 0.15) is 68.3 Å². The molecule has 1 aliphatic carbocycles. The summed E-state index contributed by atoms with van der Waals surface area (Å²) in [7, 11) is 0. The maximum Gasteiger partial charge on any atom is 0.407 e. The largest absolute Gasteiger partial charge is 0.448 e. The normalized spacial score (nSPS) is 17.7. The highest BCUT2D eigenvalue weighted by Gasteiger charge is 2.32. The number of nitrogens with zero attached hydrogens (tertiary/aromatic N) is 3. The molecule has 0 bridgehead atoms. The number of imidazole rings is 1. The number of alkyl carbamates (subject to hydrolysis) is 1. The maximum atomic E-state index is 14.1. The highest BCUT2D eigenvalue weighted by Crippen LogP contribution is 2.28. The molecule has 1 saturated carbocycles. The minimum absolute atomic E-state index is 0.149. The summed E-state index contributed by atoms with van der Waals surface area (Å²) in [5, 5.41) is 23.6. The first-order valence-electron chi connectivity index (χ1n) is 19.0. The highest BCUT2D eigenvalue weighted by molar-refractivity contribution is 5.91. The number of carbonyl (C=O) groups is 3. The fraction of sp³-hybridized carbons (Fsp3) is 0.564. The Bertz CT molecular complexity index is 1470. The lowest BCUT2D eigenvalue weighted by Gasteiger charge is -2.32. The molecule has 6 N–H and O–H groups in total. The van der Waals surface area contributed by atoms with Gasteiger partial charge in [-0.25, -0.2) is 9.78 Å². The number of pyridine rings is 1. The van der Waals surface area contributed by atoms with E-state index in [1.165, 1.54) is 12.7 Å². The summed E-state index contributed by atoms with van der Waals surface area (Å²) < 4.78 is 5.50. The first-order valence-corrected chi connectivity index (χ1v) is 19.0. The van der Waals surface area contributed by atoms with Gasteiger partial charge in [0.1, 0.15) is 18.7 Å². The molecule has 13 nitrogen and oxygen atoms in total. The van der Waals surface area contributed by atoms with E-state index in [-0.39, 0.29) is 19.4 Å². The number of aromatic amines is 1. The van der Waals surface area contributed by atoms with E-state index in [0.29, 0.717) is 31.0 Å². The van der Waals surface area contributed by atoms with Crippen molar-refractivity contribution in [2.45, 2.75) is 94.9 Å². The van der Waals surface area contributed by atoms with E-state index in [1.807, 2.05) is 48.5 Å². The summed E-state index contributed by atoms with van der Waals surface area (Å²) in [6, 6.07) is 12.7. The average Bonchev–Trinajstić information content (AvgIpc) is 3.69. The Kier molecular flexibility index (Phi) is 15.9. The molecular formula is C39H56N8O5. The Balaban J connectivity index is 1.26. The number of nitrogens with one attached hydrogen (secondary N) is 5. The number of aliphatic hydroxyl groups is 1. The van der Waals surface area contributed by atoms with E-state index >= 15 is 0 Å². The summed E-state index contributed by atoms with van der Waals surface area (Å²) in [4.78, 5) is 54.9. The van der Waals surface area contributed by atoms with Crippen molar-refractivity contribution < 1.29 is 24.2 Å². The van der Waals surface area contributed by atoms with Crippen molar-refractivity contribution in [1.29, 1.82) is 0 Å². The molecule has 2 aliphatic rings. The van der Waals surface area contributed by atoms with Gasteiger partial charge in [0.25, 0.3) is 0 Å². The molecule has 5 rings (SSSR count). The predicted octanol–water partition coefficient (Wildman–Crippen LogP) is 2.91. The molecule has 1 aliphatic heterocycles. The van der Waals surface area contributed by atoms with Crippen LogP contribution < -0.4 is 21.3 Å². The molecule has 52 heavy (non-hydrogen) atoms. The number of carbonyl (C=O) groups excluding carboxylic acids is 3. The molecule has 13 heteroatoms. The van der Waals surface area contributed by atoms with Crippen molar-refractivity contribution in [1.82, 2.24) is 41.1 Å². The first kappa shape index (κ1) is 38.9. The number of aliphatic hydroxyl groups excluding tert-OH is 1. The minimum Gasteiger partial charge on any atom is -0.448 e. The van der Waals surface area contributed by atoms with Gasteiger partial charge < -0.3 is 36.1 Å². The van der Waals surface area contributed by atoms with Gasteiger partial charge in [-0.2, -0.15) is 0 Å². The monoisotopic (exact) mass is 716 g/mol. The Morgan fingerprint density at radius 3 is 2.40 bits per heavy atom. The lowest BCUT2D eigenvalue weighted by Crippen LogP contribution is -2.57. The van der Waals surface area contributed by atoms with Crippen LogP contribution in [-0.2, 0) is 33.6 Å². The molecule has 3 amide bonds. The van der Waals surface area contributed by atoms with Crippen LogP contribution in [0.4, 0.5) is 4.79 Å². The van der Waals surface area contributed by atoms with Gasteiger partial charge in [0.05, 0.1) is 18.5 Å². The van der Waals surface area contributed by atoms with Crippen LogP contribution in [0.25, 0.3) is 0 Å². The minimum atomic E-state index is -0.999. The zero-order chi connectivity index (χ0) is 36.4. The highest BCUT2D eigenvalue weighted by atomic mass is 16.5. The van der Waals surface area contributed by atoms with Gasteiger partial charge in [0, 0.05) is 69.3 Å². The fourth-order valence-electron chi connectivity index (χ4n) is 7.16. The molecule has 4 atom stereocenters. The number of hydrogen-bond acceptors (Lipinski definition) is 9. The fourth-order valence-corrected chi connectivity index (χ4v) is 7.16. The number of ether oxygens (including phenoxy) is 1. The third-order valence-corrected chi connectivity index (χ3v) is 10.1. The average molecular weight is 717 g/mol. The van der Waals surface area contributed by atoms with E-state index in [2.05, 4.69) is 41.1 Å². The third-order valence-electron chi connectivity index (χ3n) is 10.1. The lowest BCUT2D eigenvalue weighted by molar-refractivity contribution is -0.131. The maximum absolute atomic E-state index is 14.1. The molecule has 2 aromatic heterocycles. The van der Waals surface area contributed by atoms with Gasteiger partial charge in [0.15, 0.2) is 0 Å². The Morgan fingerprint density at radius 1 is 0.923 bits per heavy atom. The number of rotatable bonds is 19. The standard InChI is InChI=1S/C39H56N8O5/c48-36(16-9-15-31-14-7-8-17-42-31)33(24-29-10-3-1-4-11-29)44-38(50)35(26-32-27-41-28-43-32)45-37(49)34(25-30-12-5-2-6-13-30)46-39(51)52-23-22-47-20-18-40-19-21-47/h2,5-8,12-14,17,27-29,33-36,40,48H,1,3-4,9-11,15-16,18-26H2,(H,41,43)(H,44,50)(H,45,49)(H,46,51). The Morgan fingerprint density at radius 2 is 1.67 bits per heavy atom. The molecule has 282 valence electrons. The second-order valence-electron chi connectivity index (χ2n) is 14.1. The summed E-state index contributed by atoms with van der Waals surface area (Å²) in [5.41, 5.74) is 2.48. The second-order valence-corrected chi connectivity index (χ2v) is 14.1. The first-order chi connectivity index (χ1) is 25.4. The predicted molar refractivity (Wildman–Crippen MR) is 198 cm³/mol. The zero-order valence-electron chi connectivity index (χ0n) is 30.2. The number of hydrogen-bond donors (Lipinski definition) is 6. The molecule has 0 spiro atoms. The number of benzene rings is 1. The van der Waals surface area contributed by atoms with Gasteiger partial charge in [-0.05, 0) is 49.3 Å². The van der Waals surface area contributed by atoms with Crippen molar-refractivity contribution >= 4 is 17.9 Å². The number of piperazine rings is 1. The van der Waals surface area contributed by atoms with Gasteiger partial charge in [0.2, 0.25) is 11.8 Å². The van der Waals surface area contributed by atoms with Crippen molar-refractivity contribution in [3.05, 3.63) is 84.2 Å². The van der Waals surface area contributed by atoms with Crippen LogP contribution >= 0.6 is 0 Å². The SMILES string of the molecule is O=C(NC(Cc1ccccc1)C(=O)NC(Cc1cnc[nH]1)C(=O)NC(CC1CCCCC1)C(O)CCCc1ccccn1)OCCN1CCNCC1. The van der Waals surface area contributed by atoms with Crippen molar-refractivity contribution in [2.24, 2.45) is 5.92 Å². The Labute approximate surface area is 307 Å². The molecule has 2 fully saturated rings. The smallest absolute Gasteiger partial charge is 0.407 e. The van der Waals surface area contributed by atoms with E-state index in [9.17, 15) is 19.5 Å². The lowest BCUT2D eigenvalue weighted by atomic mass is 9.83. The molecule has 4 unspecified atom stereocenters. The van der Waals surface area contributed by atoms with Crippen LogP contribution in [-0.4, -0.2) is 106 Å². The van der Waals surface area contributed by atoms with Crippen molar-refractivity contribution in [3.8, 4) is 0 Å². The molecule has 1 aromatic carbocycles. The molecular weight excluding hydrogens is 660 g/mol. The third kappa shape index (κ3) is 13.3. The van der Waals surface area contributed by atoms with E-state index < -0.39 is 42.1 Å². The molecule has 1 saturated heterocycles. The number of amides is 3. The van der Waals surface area contributed by atoms with Crippen LogP contribution in [0, 0.1) is 5.92 Å². The molecule has 3 aromatic rings. The van der Waals surface area contributed by atoms with Crippen molar-refractivity contribution in [3.63, 3.8) is 0 Å². The summed E-state index contributed by atoms with van der Waals surface area (Å²) >= 11 is 0. The van der Waals surface area contributed by atoms with Crippen molar-refractivity contribution in [2.75, 3.05) is 39.3 Å². The quantitative estimate of drug-likeness (QED) is 0.109. The van der Waals surface area contributed by atoms with Gasteiger partial charge in [-0.1, -0.05) is 68.5 Å².